The molecule has 3 atom stereocenters. The Bertz CT molecular complexity index is 557. The van der Waals surface area contributed by atoms with Gasteiger partial charge in [-0.25, -0.2) is 0 Å². The van der Waals surface area contributed by atoms with Crippen LogP contribution in [0.3, 0.4) is 0 Å². The van der Waals surface area contributed by atoms with Crippen molar-refractivity contribution < 1.29 is 4.79 Å². The van der Waals surface area contributed by atoms with Crippen molar-refractivity contribution in [3.05, 3.63) is 29.0 Å². The van der Waals surface area contributed by atoms with E-state index in [0.717, 1.165) is 6.42 Å². The third kappa shape index (κ3) is 1.86. The summed E-state index contributed by atoms with van der Waals surface area (Å²) >= 11 is 5.92. The topological polar surface area (TPSA) is 42.0 Å². The van der Waals surface area contributed by atoms with Crippen LogP contribution in [0.1, 0.15) is 50.5 Å². The fourth-order valence-corrected chi connectivity index (χ4v) is 4.34. The predicted octanol–water partition coefficient (Wildman–Crippen LogP) is 3.68. The molecule has 3 rings (SSSR count). The Hall–Kier alpha value is -1.09. The van der Waals surface area contributed by atoms with E-state index in [2.05, 4.69) is 31.1 Å². The van der Waals surface area contributed by atoms with Gasteiger partial charge in [0.1, 0.15) is 5.69 Å². The van der Waals surface area contributed by atoms with E-state index in [-0.39, 0.29) is 17.4 Å². The molecule has 2 fully saturated rings. The van der Waals surface area contributed by atoms with Crippen LogP contribution in [0.5, 0.6) is 0 Å². The van der Waals surface area contributed by atoms with Gasteiger partial charge in [0, 0.05) is 17.3 Å². The van der Waals surface area contributed by atoms with Crippen molar-refractivity contribution in [3.8, 4) is 0 Å². The molecule has 1 N–H and O–H groups in total. The van der Waals surface area contributed by atoms with Crippen LogP contribution in [0.4, 0.5) is 0 Å². The van der Waals surface area contributed by atoms with Crippen molar-refractivity contribution >= 4 is 17.5 Å². The van der Waals surface area contributed by atoms with E-state index >= 15 is 0 Å². The highest BCUT2D eigenvalue weighted by Crippen LogP contribution is 2.65. The van der Waals surface area contributed by atoms with Crippen LogP contribution in [0.15, 0.2) is 18.3 Å². The Morgan fingerprint density at radius 3 is 2.75 bits per heavy atom. The SMILES string of the molecule is CC1(C)C2CCC1(C)C(NC(=O)c1cc(Cl)ccn1)C2. The number of nitrogens with zero attached hydrogens (tertiary/aromatic N) is 1. The van der Waals surface area contributed by atoms with E-state index in [0.29, 0.717) is 22.0 Å². The van der Waals surface area contributed by atoms with Crippen LogP contribution < -0.4 is 5.32 Å². The number of hydrogen-bond acceptors (Lipinski definition) is 2. The number of carbonyl (C=O) groups excluding carboxylic acids is 1. The summed E-state index contributed by atoms with van der Waals surface area (Å²) in [5, 5.41) is 3.74. The van der Waals surface area contributed by atoms with Gasteiger partial charge < -0.3 is 5.32 Å². The molecule has 0 aromatic carbocycles. The van der Waals surface area contributed by atoms with Gasteiger partial charge in [-0.2, -0.15) is 0 Å². The number of aromatic nitrogens is 1. The molecule has 0 radical (unpaired) electrons. The van der Waals surface area contributed by atoms with Crippen molar-refractivity contribution in [2.24, 2.45) is 16.7 Å². The minimum atomic E-state index is -0.109. The van der Waals surface area contributed by atoms with Gasteiger partial charge in [0.05, 0.1) is 0 Å². The first-order chi connectivity index (χ1) is 9.34. The largest absolute Gasteiger partial charge is 0.347 e. The number of pyridine rings is 1. The average molecular weight is 293 g/mol. The molecule has 2 saturated carbocycles. The standard InChI is InChI=1S/C16H21ClN2O/c1-15(2)10-4-6-16(15,3)13(8-10)19-14(20)12-9-11(17)5-7-18-12/h5,7,9-10,13H,4,6,8H2,1-3H3,(H,19,20). The first kappa shape index (κ1) is 13.9. The van der Waals surface area contributed by atoms with E-state index < -0.39 is 0 Å². The number of amides is 1. The summed E-state index contributed by atoms with van der Waals surface area (Å²) in [5.41, 5.74) is 0.889. The molecule has 4 heteroatoms. The normalized spacial score (nSPS) is 34.2. The summed E-state index contributed by atoms with van der Waals surface area (Å²) in [5.74, 6) is 0.604. The lowest BCUT2D eigenvalue weighted by molar-refractivity contribution is 0.0821. The van der Waals surface area contributed by atoms with E-state index in [9.17, 15) is 4.79 Å². The fraction of sp³-hybridized carbons (Fsp3) is 0.625. The number of carbonyl (C=O) groups is 1. The zero-order valence-corrected chi connectivity index (χ0v) is 13.0. The van der Waals surface area contributed by atoms with Gasteiger partial charge in [0.15, 0.2) is 0 Å². The van der Waals surface area contributed by atoms with E-state index in [1.807, 2.05) is 0 Å². The van der Waals surface area contributed by atoms with Gasteiger partial charge in [0.2, 0.25) is 0 Å². The van der Waals surface area contributed by atoms with E-state index in [1.54, 1.807) is 18.3 Å². The zero-order chi connectivity index (χ0) is 14.5. The Morgan fingerprint density at radius 1 is 1.45 bits per heavy atom. The molecule has 3 nitrogen and oxygen atoms in total. The Kier molecular flexibility index (Phi) is 3.09. The molecule has 2 aliphatic rings. The monoisotopic (exact) mass is 292 g/mol. The number of halogens is 1. The maximum Gasteiger partial charge on any atom is 0.270 e. The third-order valence-electron chi connectivity index (χ3n) is 6.05. The fourth-order valence-electron chi connectivity index (χ4n) is 4.18. The molecule has 1 amide bonds. The highest BCUT2D eigenvalue weighted by molar-refractivity contribution is 6.30. The van der Waals surface area contributed by atoms with Crippen LogP contribution in [-0.2, 0) is 0 Å². The molecule has 0 saturated heterocycles. The molecule has 2 aliphatic carbocycles. The average Bonchev–Trinajstić information content (AvgIpc) is 2.72. The Labute approximate surface area is 125 Å². The first-order valence-corrected chi connectivity index (χ1v) is 7.65. The van der Waals surface area contributed by atoms with Gasteiger partial charge in [-0.1, -0.05) is 32.4 Å². The molecule has 3 unspecified atom stereocenters. The third-order valence-corrected chi connectivity index (χ3v) is 6.29. The highest BCUT2D eigenvalue weighted by atomic mass is 35.5. The number of rotatable bonds is 2. The molecule has 0 spiro atoms. The summed E-state index contributed by atoms with van der Waals surface area (Å²) in [6, 6.07) is 3.54. The summed E-state index contributed by atoms with van der Waals surface area (Å²) in [6.07, 6.45) is 5.13. The Morgan fingerprint density at radius 2 is 2.20 bits per heavy atom. The number of fused-ring (bicyclic) bond motifs is 2. The summed E-state index contributed by atoms with van der Waals surface area (Å²) < 4.78 is 0. The lowest BCUT2D eigenvalue weighted by Crippen LogP contribution is -2.47. The van der Waals surface area contributed by atoms with Gasteiger partial charge >= 0.3 is 0 Å². The van der Waals surface area contributed by atoms with E-state index in [1.165, 1.54) is 12.8 Å². The second-order valence-corrected chi connectivity index (χ2v) is 7.43. The van der Waals surface area contributed by atoms with Crippen molar-refractivity contribution in [1.82, 2.24) is 10.3 Å². The van der Waals surface area contributed by atoms with Gasteiger partial charge in [-0.3, -0.25) is 9.78 Å². The van der Waals surface area contributed by atoms with Crippen LogP contribution in [0, 0.1) is 16.7 Å². The van der Waals surface area contributed by atoms with Crippen molar-refractivity contribution in [3.63, 3.8) is 0 Å². The maximum atomic E-state index is 12.4. The minimum absolute atomic E-state index is 0.109. The van der Waals surface area contributed by atoms with Gasteiger partial charge in [-0.05, 0) is 48.1 Å². The second kappa shape index (κ2) is 4.45. The van der Waals surface area contributed by atoms with Crippen LogP contribution in [0.25, 0.3) is 0 Å². The summed E-state index contributed by atoms with van der Waals surface area (Å²) in [6.45, 7) is 7.00. The summed E-state index contributed by atoms with van der Waals surface area (Å²) in [7, 11) is 0. The Balaban J connectivity index is 1.78. The molecule has 1 heterocycles. The molecule has 0 aliphatic heterocycles. The van der Waals surface area contributed by atoms with Crippen molar-refractivity contribution in [1.29, 1.82) is 0 Å². The molecule has 108 valence electrons. The molecular formula is C16H21ClN2O. The van der Waals surface area contributed by atoms with Crippen molar-refractivity contribution in [2.45, 2.75) is 46.1 Å². The van der Waals surface area contributed by atoms with Crippen molar-refractivity contribution in [2.75, 3.05) is 0 Å². The van der Waals surface area contributed by atoms with Gasteiger partial charge in [-0.15, -0.1) is 0 Å². The number of nitrogens with one attached hydrogen (secondary N) is 1. The highest BCUT2D eigenvalue weighted by Gasteiger charge is 2.61. The predicted molar refractivity (Wildman–Crippen MR) is 79.7 cm³/mol. The minimum Gasteiger partial charge on any atom is -0.347 e. The van der Waals surface area contributed by atoms with E-state index in [4.69, 9.17) is 11.6 Å². The zero-order valence-electron chi connectivity index (χ0n) is 12.2. The first-order valence-electron chi connectivity index (χ1n) is 7.27. The molecule has 1 aromatic rings. The summed E-state index contributed by atoms with van der Waals surface area (Å²) in [4.78, 5) is 16.5. The maximum absolute atomic E-state index is 12.4. The molecule has 20 heavy (non-hydrogen) atoms. The molecule has 2 bridgehead atoms. The second-order valence-electron chi connectivity index (χ2n) is 7.00. The molecular weight excluding hydrogens is 272 g/mol. The van der Waals surface area contributed by atoms with Gasteiger partial charge in [0.25, 0.3) is 5.91 Å². The molecule has 1 aromatic heterocycles. The lowest BCUT2D eigenvalue weighted by atomic mass is 9.69. The van der Waals surface area contributed by atoms with Crippen LogP contribution in [-0.4, -0.2) is 16.9 Å². The van der Waals surface area contributed by atoms with Crippen LogP contribution >= 0.6 is 11.6 Å². The smallest absolute Gasteiger partial charge is 0.270 e. The number of hydrogen-bond donors (Lipinski definition) is 1. The van der Waals surface area contributed by atoms with Crippen LogP contribution in [0.2, 0.25) is 5.02 Å². The quantitative estimate of drug-likeness (QED) is 0.903. The lowest BCUT2D eigenvalue weighted by Gasteiger charge is -2.39.